The summed E-state index contributed by atoms with van der Waals surface area (Å²) in [5.41, 5.74) is 0.0860. The van der Waals surface area contributed by atoms with Gasteiger partial charge in [0.1, 0.15) is 11.3 Å². The number of nitrogens with zero attached hydrogens (tertiary/aromatic N) is 3. The predicted octanol–water partition coefficient (Wildman–Crippen LogP) is 3.32. The van der Waals surface area contributed by atoms with Crippen LogP contribution in [0.3, 0.4) is 0 Å². The highest BCUT2D eigenvalue weighted by Gasteiger charge is 2.34. The van der Waals surface area contributed by atoms with Crippen molar-refractivity contribution in [2.24, 2.45) is 0 Å². The van der Waals surface area contributed by atoms with Crippen LogP contribution in [0.1, 0.15) is 44.0 Å². The fourth-order valence-corrected chi connectivity index (χ4v) is 3.91. The summed E-state index contributed by atoms with van der Waals surface area (Å²) in [5, 5.41) is 3.80. The van der Waals surface area contributed by atoms with E-state index >= 15 is 0 Å². The van der Waals surface area contributed by atoms with Crippen LogP contribution >= 0.6 is 0 Å². The van der Waals surface area contributed by atoms with Crippen molar-refractivity contribution in [3.05, 3.63) is 53.6 Å². The number of nitrogens with one attached hydrogen (secondary N) is 1. The predicted molar refractivity (Wildman–Crippen MR) is 120 cm³/mol. The summed E-state index contributed by atoms with van der Waals surface area (Å²) < 4.78 is 28.6. The van der Waals surface area contributed by atoms with Gasteiger partial charge in [-0.25, -0.2) is 13.4 Å². The van der Waals surface area contributed by atoms with Gasteiger partial charge in [-0.2, -0.15) is 4.98 Å². The summed E-state index contributed by atoms with van der Waals surface area (Å²) in [7, 11) is -3.28. The molecular formula is C22H28N4O4S. The molecule has 1 N–H and O–H groups in total. The Hall–Kier alpha value is -2.94. The molecule has 1 aliphatic rings. The molecule has 2 aromatic rings. The SMILES string of the molecule is CC(/C=C/S(C)(=O)=O)NC(=O)c1cnc(N2CCCC2(C)C)nc1Oc1ccccc1. The van der Waals surface area contributed by atoms with Gasteiger partial charge in [0, 0.05) is 36.0 Å². The summed E-state index contributed by atoms with van der Waals surface area (Å²) in [5.74, 6) is 0.751. The van der Waals surface area contributed by atoms with Crippen LogP contribution in [0.15, 0.2) is 48.0 Å². The standard InChI is InChI=1S/C22H28N4O4S/c1-16(11-14-31(4,28)29)24-19(27)18-15-23-21(26-13-8-12-22(26,2)3)25-20(18)30-17-9-6-5-7-10-17/h5-7,9-11,14-16H,8,12-13H2,1-4H3,(H,24,27)/b14-11+. The Morgan fingerprint density at radius 3 is 2.61 bits per heavy atom. The van der Waals surface area contributed by atoms with E-state index < -0.39 is 21.8 Å². The lowest BCUT2D eigenvalue weighted by Gasteiger charge is -2.31. The Labute approximate surface area is 183 Å². The van der Waals surface area contributed by atoms with E-state index in [0.717, 1.165) is 31.1 Å². The van der Waals surface area contributed by atoms with Gasteiger partial charge >= 0.3 is 0 Å². The van der Waals surface area contributed by atoms with E-state index in [0.29, 0.717) is 11.7 Å². The smallest absolute Gasteiger partial charge is 0.258 e. The first-order valence-electron chi connectivity index (χ1n) is 10.1. The van der Waals surface area contributed by atoms with E-state index in [1.807, 2.05) is 18.2 Å². The first-order chi connectivity index (χ1) is 14.5. The van der Waals surface area contributed by atoms with Gasteiger partial charge in [0.25, 0.3) is 5.91 Å². The van der Waals surface area contributed by atoms with E-state index in [4.69, 9.17) is 4.74 Å². The molecule has 3 rings (SSSR count). The van der Waals surface area contributed by atoms with Gasteiger partial charge < -0.3 is 15.0 Å². The number of amides is 1. The minimum Gasteiger partial charge on any atom is -0.438 e. The number of rotatable bonds is 7. The molecule has 31 heavy (non-hydrogen) atoms. The van der Waals surface area contributed by atoms with Crippen LogP contribution in [-0.2, 0) is 9.84 Å². The highest BCUT2D eigenvalue weighted by Crippen LogP contribution is 2.33. The topological polar surface area (TPSA) is 101 Å². The van der Waals surface area contributed by atoms with Crippen LogP contribution in [-0.4, -0.2) is 48.7 Å². The van der Waals surface area contributed by atoms with E-state index in [2.05, 4.69) is 34.0 Å². The third-order valence-corrected chi connectivity index (χ3v) is 5.71. The Morgan fingerprint density at radius 2 is 2.00 bits per heavy atom. The Balaban J connectivity index is 1.91. The molecule has 0 spiro atoms. The van der Waals surface area contributed by atoms with Crippen molar-refractivity contribution in [3.63, 3.8) is 0 Å². The maximum atomic E-state index is 12.9. The number of carbonyl (C=O) groups is 1. The molecule has 1 atom stereocenters. The third kappa shape index (κ3) is 6.04. The van der Waals surface area contributed by atoms with Gasteiger partial charge in [-0.15, -0.1) is 0 Å². The summed E-state index contributed by atoms with van der Waals surface area (Å²) in [4.78, 5) is 24.0. The number of carbonyl (C=O) groups excluding carboxylic acids is 1. The van der Waals surface area contributed by atoms with Gasteiger partial charge in [-0.3, -0.25) is 4.79 Å². The first kappa shape index (κ1) is 22.7. The minimum atomic E-state index is -3.28. The lowest BCUT2D eigenvalue weighted by atomic mass is 10.0. The third-order valence-electron chi connectivity index (χ3n) is 5.06. The van der Waals surface area contributed by atoms with E-state index in [1.165, 1.54) is 12.3 Å². The first-order valence-corrected chi connectivity index (χ1v) is 12.1. The second-order valence-electron chi connectivity index (χ2n) is 8.29. The molecule has 1 saturated heterocycles. The lowest BCUT2D eigenvalue weighted by Crippen LogP contribution is -2.39. The van der Waals surface area contributed by atoms with Crippen LogP contribution < -0.4 is 15.0 Å². The number of para-hydroxylation sites is 1. The number of hydrogen-bond donors (Lipinski definition) is 1. The molecule has 1 amide bonds. The molecule has 1 unspecified atom stereocenters. The normalized spacial score (nSPS) is 17.0. The molecule has 2 heterocycles. The number of benzene rings is 1. The van der Waals surface area contributed by atoms with Crippen molar-refractivity contribution in [1.29, 1.82) is 0 Å². The van der Waals surface area contributed by atoms with Gasteiger partial charge in [-0.05, 0) is 45.7 Å². The summed E-state index contributed by atoms with van der Waals surface area (Å²) in [6, 6.07) is 8.58. The van der Waals surface area contributed by atoms with Crippen molar-refractivity contribution >= 4 is 21.7 Å². The molecule has 8 nitrogen and oxygen atoms in total. The molecule has 1 aromatic carbocycles. The van der Waals surface area contributed by atoms with Crippen molar-refractivity contribution < 1.29 is 17.9 Å². The summed E-state index contributed by atoms with van der Waals surface area (Å²) in [6.07, 6.45) is 6.02. The van der Waals surface area contributed by atoms with Crippen molar-refractivity contribution in [2.75, 3.05) is 17.7 Å². The van der Waals surface area contributed by atoms with Gasteiger partial charge in [0.15, 0.2) is 9.84 Å². The zero-order chi connectivity index (χ0) is 22.6. The highest BCUT2D eigenvalue weighted by molar-refractivity contribution is 7.93. The van der Waals surface area contributed by atoms with E-state index in [1.54, 1.807) is 19.1 Å². The zero-order valence-corrected chi connectivity index (χ0v) is 19.0. The molecule has 1 aromatic heterocycles. The van der Waals surface area contributed by atoms with Gasteiger partial charge in [0.2, 0.25) is 11.8 Å². The number of ether oxygens (including phenoxy) is 1. The van der Waals surface area contributed by atoms with E-state index in [9.17, 15) is 13.2 Å². The number of anilines is 1. The lowest BCUT2D eigenvalue weighted by molar-refractivity contribution is 0.0943. The quantitative estimate of drug-likeness (QED) is 0.699. The number of hydrogen-bond acceptors (Lipinski definition) is 7. The second-order valence-corrected chi connectivity index (χ2v) is 10.2. The van der Waals surface area contributed by atoms with Crippen LogP contribution in [0.5, 0.6) is 11.6 Å². The number of aromatic nitrogens is 2. The van der Waals surface area contributed by atoms with Crippen LogP contribution in [0, 0.1) is 0 Å². The molecular weight excluding hydrogens is 416 g/mol. The van der Waals surface area contributed by atoms with Gasteiger partial charge in [-0.1, -0.05) is 24.3 Å². The molecule has 1 fully saturated rings. The molecule has 0 radical (unpaired) electrons. The van der Waals surface area contributed by atoms with Crippen LogP contribution in [0.25, 0.3) is 0 Å². The fourth-order valence-electron chi connectivity index (χ4n) is 3.39. The zero-order valence-electron chi connectivity index (χ0n) is 18.2. The van der Waals surface area contributed by atoms with Crippen LogP contribution in [0.4, 0.5) is 5.95 Å². The molecule has 0 aliphatic carbocycles. The number of sulfone groups is 1. The fraction of sp³-hybridized carbons (Fsp3) is 0.409. The Morgan fingerprint density at radius 1 is 1.29 bits per heavy atom. The highest BCUT2D eigenvalue weighted by atomic mass is 32.2. The molecule has 9 heteroatoms. The van der Waals surface area contributed by atoms with Gasteiger partial charge in [0.05, 0.1) is 0 Å². The monoisotopic (exact) mass is 444 g/mol. The van der Waals surface area contributed by atoms with Crippen molar-refractivity contribution in [1.82, 2.24) is 15.3 Å². The van der Waals surface area contributed by atoms with Crippen molar-refractivity contribution in [2.45, 2.75) is 45.2 Å². The average molecular weight is 445 g/mol. The second kappa shape index (κ2) is 9.05. The average Bonchev–Trinajstić information content (AvgIpc) is 3.05. The largest absolute Gasteiger partial charge is 0.438 e. The summed E-state index contributed by atoms with van der Waals surface area (Å²) >= 11 is 0. The molecule has 1 aliphatic heterocycles. The molecule has 166 valence electrons. The Kier molecular flexibility index (Phi) is 6.64. The maximum absolute atomic E-state index is 12.9. The van der Waals surface area contributed by atoms with E-state index in [-0.39, 0.29) is 17.0 Å². The van der Waals surface area contributed by atoms with Crippen molar-refractivity contribution in [3.8, 4) is 11.6 Å². The molecule has 0 bridgehead atoms. The van der Waals surface area contributed by atoms with Crippen LogP contribution in [0.2, 0.25) is 0 Å². The Bertz CT molecular complexity index is 1070. The minimum absolute atomic E-state index is 0.0846. The maximum Gasteiger partial charge on any atom is 0.258 e. The molecule has 0 saturated carbocycles. The summed E-state index contributed by atoms with van der Waals surface area (Å²) in [6.45, 7) is 6.78.